The molecular weight excluding hydrogens is 442 g/mol. The monoisotopic (exact) mass is 465 g/mol. The van der Waals surface area contributed by atoms with Gasteiger partial charge in [-0.3, -0.25) is 10.0 Å². The van der Waals surface area contributed by atoms with Crippen LogP contribution in [0.2, 0.25) is 0 Å². The quantitative estimate of drug-likeness (QED) is 0.292. The Balaban J connectivity index is 1.55. The summed E-state index contributed by atoms with van der Waals surface area (Å²) in [6, 6.07) is 24.9. The number of benzene rings is 3. The summed E-state index contributed by atoms with van der Waals surface area (Å²) in [7, 11) is -3.69. The maximum Gasteiger partial charge on any atom is 0.313 e. The highest BCUT2D eigenvalue weighted by atomic mass is 32.2. The lowest BCUT2D eigenvalue weighted by molar-refractivity contribution is -0.0928. The van der Waals surface area contributed by atoms with Crippen molar-refractivity contribution in [2.45, 2.75) is 11.8 Å². The molecule has 1 heterocycles. The van der Waals surface area contributed by atoms with Gasteiger partial charge in [-0.15, -0.1) is 0 Å². The number of carbonyl (C=O) groups excluding carboxylic acids is 1. The van der Waals surface area contributed by atoms with Crippen LogP contribution in [0.5, 0.6) is 5.75 Å². The van der Waals surface area contributed by atoms with E-state index in [1.54, 1.807) is 78.9 Å². The van der Waals surface area contributed by atoms with Crippen LogP contribution >= 0.6 is 0 Å². The predicted molar refractivity (Wildman–Crippen MR) is 124 cm³/mol. The topological polar surface area (TPSA) is 97.1 Å². The van der Waals surface area contributed by atoms with Crippen LogP contribution < -0.4 is 4.74 Å². The molecule has 33 heavy (non-hydrogen) atoms. The molecule has 170 valence electrons. The van der Waals surface area contributed by atoms with Gasteiger partial charge in [0.15, 0.2) is 15.6 Å². The second-order valence-electron chi connectivity index (χ2n) is 7.62. The van der Waals surface area contributed by atoms with Crippen molar-refractivity contribution in [2.24, 2.45) is 0 Å². The van der Waals surface area contributed by atoms with E-state index < -0.39 is 27.5 Å². The van der Waals surface area contributed by atoms with E-state index in [-0.39, 0.29) is 18.1 Å². The Morgan fingerprint density at radius 2 is 1.58 bits per heavy atom. The fourth-order valence-electron chi connectivity index (χ4n) is 3.44. The summed E-state index contributed by atoms with van der Waals surface area (Å²) in [5, 5.41) is 11.8. The molecule has 8 heteroatoms. The fourth-order valence-corrected chi connectivity index (χ4v) is 5.09. The zero-order valence-electron chi connectivity index (χ0n) is 17.7. The second kappa shape index (κ2) is 9.89. The average molecular weight is 466 g/mol. The summed E-state index contributed by atoms with van der Waals surface area (Å²) in [5.74, 6) is -1.15. The van der Waals surface area contributed by atoms with Crippen molar-refractivity contribution in [3.8, 4) is 5.75 Å². The minimum atomic E-state index is -3.69. The zero-order valence-corrected chi connectivity index (χ0v) is 18.5. The minimum Gasteiger partial charge on any atom is -0.491 e. The summed E-state index contributed by atoms with van der Waals surface area (Å²) in [4.78, 5) is 12.9. The number of rotatable bonds is 9. The van der Waals surface area contributed by atoms with E-state index in [4.69, 9.17) is 9.15 Å². The molecule has 0 aliphatic heterocycles. The van der Waals surface area contributed by atoms with E-state index >= 15 is 0 Å². The number of carbonyl (C=O) groups is 1. The van der Waals surface area contributed by atoms with Gasteiger partial charge in [0.1, 0.15) is 24.0 Å². The summed E-state index contributed by atoms with van der Waals surface area (Å²) in [6.07, 6.45) is 0. The molecule has 0 saturated carbocycles. The van der Waals surface area contributed by atoms with Gasteiger partial charge in [0.25, 0.3) is 0 Å². The smallest absolute Gasteiger partial charge is 0.313 e. The molecule has 0 unspecified atom stereocenters. The molecule has 4 rings (SSSR count). The number of nitrogens with zero attached hydrogens (tertiary/aromatic N) is 1. The number of fused-ring (bicyclic) bond motifs is 1. The third-order valence-electron chi connectivity index (χ3n) is 5.05. The molecule has 0 spiro atoms. The van der Waals surface area contributed by atoms with Crippen LogP contribution in [0.15, 0.2) is 95.4 Å². The zero-order chi connectivity index (χ0) is 23.3. The number of ether oxygens (including phenoxy) is 1. The number of hydrogen-bond acceptors (Lipinski definition) is 6. The predicted octanol–water partition coefficient (Wildman–Crippen LogP) is 4.33. The third kappa shape index (κ3) is 5.79. The van der Waals surface area contributed by atoms with Crippen molar-refractivity contribution in [3.05, 3.63) is 102 Å². The first-order valence-corrected chi connectivity index (χ1v) is 12.2. The molecule has 1 N–H and O–H groups in total. The largest absolute Gasteiger partial charge is 0.491 e. The molecule has 0 aliphatic rings. The standard InChI is InChI=1S/C25H23NO6S/c27-25(24-15-20-11-7-8-14-23(20)32-24)26(28)21(16-31-22-12-5-2-6-13-22)18-33(29,30)17-19-9-3-1-4-10-19/h1-15,21,28H,16-18H2/t21-/m1/s1. The second-order valence-corrected chi connectivity index (χ2v) is 9.73. The molecule has 0 saturated heterocycles. The third-order valence-corrected chi connectivity index (χ3v) is 6.72. The molecule has 0 fully saturated rings. The van der Waals surface area contributed by atoms with Crippen LogP contribution in [-0.2, 0) is 15.6 Å². The Hall–Kier alpha value is -3.62. The van der Waals surface area contributed by atoms with Crippen LogP contribution in [0.4, 0.5) is 0 Å². The maximum atomic E-state index is 12.9. The van der Waals surface area contributed by atoms with Crippen molar-refractivity contribution in [1.82, 2.24) is 5.06 Å². The van der Waals surface area contributed by atoms with Crippen molar-refractivity contribution < 1.29 is 27.6 Å². The SMILES string of the molecule is O=C(c1cc2ccccc2o1)N(O)[C@H](COc1ccccc1)CS(=O)(=O)Cc1ccccc1. The molecule has 3 aromatic carbocycles. The van der Waals surface area contributed by atoms with Gasteiger partial charge in [0.05, 0.1) is 11.5 Å². The number of hydroxylamine groups is 2. The molecule has 0 radical (unpaired) electrons. The first-order chi connectivity index (χ1) is 15.9. The van der Waals surface area contributed by atoms with E-state index in [2.05, 4.69) is 0 Å². The van der Waals surface area contributed by atoms with Crippen molar-refractivity contribution in [2.75, 3.05) is 12.4 Å². The minimum absolute atomic E-state index is 0.0936. The van der Waals surface area contributed by atoms with E-state index in [0.29, 0.717) is 27.3 Å². The molecular formula is C25H23NO6S. The van der Waals surface area contributed by atoms with E-state index in [1.165, 1.54) is 6.07 Å². The van der Waals surface area contributed by atoms with Crippen LogP contribution in [0.3, 0.4) is 0 Å². The molecule has 4 aromatic rings. The molecule has 0 bridgehead atoms. The highest BCUT2D eigenvalue weighted by Crippen LogP contribution is 2.21. The van der Waals surface area contributed by atoms with E-state index in [9.17, 15) is 18.4 Å². The fraction of sp³-hybridized carbons (Fsp3) is 0.160. The van der Waals surface area contributed by atoms with E-state index in [1.807, 2.05) is 6.07 Å². The van der Waals surface area contributed by atoms with Gasteiger partial charge in [-0.1, -0.05) is 66.7 Å². The molecule has 1 amide bonds. The summed E-state index contributed by atoms with van der Waals surface area (Å²) in [5.41, 5.74) is 1.11. The molecule has 1 aromatic heterocycles. The van der Waals surface area contributed by atoms with Crippen molar-refractivity contribution in [1.29, 1.82) is 0 Å². The van der Waals surface area contributed by atoms with Gasteiger partial charge in [-0.05, 0) is 29.8 Å². The van der Waals surface area contributed by atoms with Crippen LogP contribution in [-0.4, -0.2) is 43.0 Å². The van der Waals surface area contributed by atoms with Gasteiger partial charge in [0, 0.05) is 5.39 Å². The first kappa shape index (κ1) is 22.6. The first-order valence-electron chi connectivity index (χ1n) is 10.3. The number of furan rings is 1. The average Bonchev–Trinajstić information content (AvgIpc) is 3.26. The summed E-state index contributed by atoms with van der Waals surface area (Å²) < 4.78 is 37.0. The van der Waals surface area contributed by atoms with Crippen LogP contribution in [0.25, 0.3) is 11.0 Å². The Labute approximate surface area is 191 Å². The molecule has 0 aliphatic carbocycles. The Morgan fingerprint density at radius 3 is 2.27 bits per heavy atom. The normalized spacial score (nSPS) is 12.4. The lowest BCUT2D eigenvalue weighted by Gasteiger charge is -2.25. The number of sulfone groups is 1. The Bertz CT molecular complexity index is 1290. The highest BCUT2D eigenvalue weighted by Gasteiger charge is 2.31. The lowest BCUT2D eigenvalue weighted by Crippen LogP contribution is -2.45. The number of amides is 1. The molecule has 1 atom stereocenters. The number of para-hydroxylation sites is 2. The highest BCUT2D eigenvalue weighted by molar-refractivity contribution is 7.90. The van der Waals surface area contributed by atoms with E-state index in [0.717, 1.165) is 0 Å². The van der Waals surface area contributed by atoms with Gasteiger partial charge < -0.3 is 9.15 Å². The Kier molecular flexibility index (Phi) is 6.76. The number of hydrogen-bond donors (Lipinski definition) is 1. The van der Waals surface area contributed by atoms with Crippen molar-refractivity contribution in [3.63, 3.8) is 0 Å². The van der Waals surface area contributed by atoms with Crippen LogP contribution in [0, 0.1) is 0 Å². The van der Waals surface area contributed by atoms with Gasteiger partial charge in [0.2, 0.25) is 0 Å². The Morgan fingerprint density at radius 1 is 0.939 bits per heavy atom. The van der Waals surface area contributed by atoms with Gasteiger partial charge in [-0.25, -0.2) is 13.5 Å². The summed E-state index contributed by atoms with van der Waals surface area (Å²) in [6.45, 7) is -0.222. The maximum absolute atomic E-state index is 12.9. The van der Waals surface area contributed by atoms with Gasteiger partial charge in [-0.2, -0.15) is 0 Å². The van der Waals surface area contributed by atoms with Crippen LogP contribution in [0.1, 0.15) is 16.1 Å². The molecule has 7 nitrogen and oxygen atoms in total. The lowest BCUT2D eigenvalue weighted by atomic mass is 10.2. The summed E-state index contributed by atoms with van der Waals surface area (Å²) >= 11 is 0. The van der Waals surface area contributed by atoms with Gasteiger partial charge >= 0.3 is 5.91 Å². The van der Waals surface area contributed by atoms with Crippen molar-refractivity contribution >= 4 is 26.7 Å².